The Hall–Kier alpha value is -3.65. The molecular formula is C26H24BrN3O4. The maximum Gasteiger partial charge on any atom is 0.291 e. The average molecular weight is 522 g/mol. The van der Waals surface area contributed by atoms with Gasteiger partial charge < -0.3 is 14.5 Å². The number of hydrogen-bond donors (Lipinski definition) is 1. The third-order valence-corrected chi connectivity index (χ3v) is 6.49. The summed E-state index contributed by atoms with van der Waals surface area (Å²) in [5, 5.41) is 7.41. The van der Waals surface area contributed by atoms with Crippen LogP contribution in [0.25, 0.3) is 0 Å². The zero-order valence-corrected chi connectivity index (χ0v) is 20.7. The maximum atomic E-state index is 12.7. The van der Waals surface area contributed by atoms with Crippen molar-refractivity contribution in [3.8, 4) is 5.75 Å². The lowest BCUT2D eigenvalue weighted by atomic mass is 10.1. The molecule has 0 spiro atoms. The van der Waals surface area contributed by atoms with E-state index in [2.05, 4.69) is 26.3 Å². The lowest BCUT2D eigenvalue weighted by Gasteiger charge is -2.08. The van der Waals surface area contributed by atoms with Crippen molar-refractivity contribution < 1.29 is 18.7 Å². The molecule has 0 aliphatic rings. The van der Waals surface area contributed by atoms with Gasteiger partial charge in [0.05, 0.1) is 22.4 Å². The number of ketones is 1. The molecule has 34 heavy (non-hydrogen) atoms. The van der Waals surface area contributed by atoms with Crippen molar-refractivity contribution in [3.05, 3.63) is 99.2 Å². The molecule has 2 heterocycles. The number of nitrogens with one attached hydrogen (secondary N) is 1. The van der Waals surface area contributed by atoms with Crippen LogP contribution >= 0.6 is 15.9 Å². The van der Waals surface area contributed by atoms with Gasteiger partial charge in [-0.1, -0.05) is 12.1 Å². The van der Waals surface area contributed by atoms with Crippen LogP contribution in [0.2, 0.25) is 0 Å². The van der Waals surface area contributed by atoms with Crippen molar-refractivity contribution in [1.82, 2.24) is 9.78 Å². The van der Waals surface area contributed by atoms with Crippen molar-refractivity contribution in [3.63, 3.8) is 0 Å². The van der Waals surface area contributed by atoms with Gasteiger partial charge in [0, 0.05) is 11.3 Å². The Balaban J connectivity index is 1.36. The number of carbonyl (C=O) groups is 2. The number of ether oxygens (including phenoxy) is 1. The highest BCUT2D eigenvalue weighted by atomic mass is 79.9. The van der Waals surface area contributed by atoms with Crippen LogP contribution < -0.4 is 10.1 Å². The van der Waals surface area contributed by atoms with Gasteiger partial charge in [-0.25, -0.2) is 0 Å². The number of furan rings is 1. The number of rotatable bonds is 8. The van der Waals surface area contributed by atoms with Crippen molar-refractivity contribution >= 4 is 33.3 Å². The van der Waals surface area contributed by atoms with E-state index in [-0.39, 0.29) is 24.1 Å². The minimum atomic E-state index is -0.344. The summed E-state index contributed by atoms with van der Waals surface area (Å²) in [6.07, 6.45) is 0. The summed E-state index contributed by atoms with van der Waals surface area (Å²) in [7, 11) is 0. The summed E-state index contributed by atoms with van der Waals surface area (Å²) in [6, 6.07) is 17.8. The zero-order chi connectivity index (χ0) is 24.2. The van der Waals surface area contributed by atoms with Crippen molar-refractivity contribution in [2.24, 2.45) is 0 Å². The predicted molar refractivity (Wildman–Crippen MR) is 132 cm³/mol. The number of aromatic nitrogens is 2. The molecule has 2 aromatic carbocycles. The first-order chi connectivity index (χ1) is 16.3. The molecule has 7 nitrogen and oxygen atoms in total. The van der Waals surface area contributed by atoms with E-state index in [1.165, 1.54) is 6.92 Å². The molecule has 0 saturated carbocycles. The fraction of sp³-hybridized carbons (Fsp3) is 0.192. The Labute approximate surface area is 205 Å². The van der Waals surface area contributed by atoms with Crippen molar-refractivity contribution in [2.75, 3.05) is 5.32 Å². The van der Waals surface area contributed by atoms with Crippen LogP contribution in [0.3, 0.4) is 0 Å². The Morgan fingerprint density at radius 2 is 1.85 bits per heavy atom. The summed E-state index contributed by atoms with van der Waals surface area (Å²) in [4.78, 5) is 24.0. The number of aryl methyl sites for hydroxylation is 1. The second kappa shape index (κ2) is 10.1. The molecule has 0 aliphatic carbocycles. The van der Waals surface area contributed by atoms with Crippen LogP contribution in [0.5, 0.6) is 5.75 Å². The predicted octanol–water partition coefficient (Wildman–Crippen LogP) is 5.94. The molecule has 4 aromatic rings. The lowest BCUT2D eigenvalue weighted by Crippen LogP contribution is -2.11. The van der Waals surface area contributed by atoms with Gasteiger partial charge in [0.15, 0.2) is 11.5 Å². The molecular weight excluding hydrogens is 498 g/mol. The Kier molecular flexibility index (Phi) is 6.98. The standard InChI is InChI=1S/C26H24BrN3O4/c1-16-25(27)17(2)30(29-16)14-19-5-4-6-21(13-19)28-26(32)24-12-11-23(34-24)15-33-22-9-7-20(8-10-22)18(3)31/h4-13H,14-15H2,1-3H3,(H,28,32). The van der Waals surface area contributed by atoms with Gasteiger partial charge in [0.1, 0.15) is 18.1 Å². The van der Waals surface area contributed by atoms with E-state index >= 15 is 0 Å². The monoisotopic (exact) mass is 521 g/mol. The van der Waals surface area contributed by atoms with E-state index in [9.17, 15) is 9.59 Å². The first kappa shape index (κ1) is 23.5. The summed E-state index contributed by atoms with van der Waals surface area (Å²) in [6.45, 7) is 6.24. The minimum absolute atomic E-state index is 0.00144. The number of halogens is 1. The molecule has 0 unspecified atom stereocenters. The van der Waals surface area contributed by atoms with E-state index in [0.717, 1.165) is 21.4 Å². The van der Waals surface area contributed by atoms with Gasteiger partial charge >= 0.3 is 0 Å². The fourth-order valence-corrected chi connectivity index (χ4v) is 3.74. The van der Waals surface area contributed by atoms with Crippen LogP contribution in [-0.4, -0.2) is 21.5 Å². The quantitative estimate of drug-likeness (QED) is 0.290. The number of carbonyl (C=O) groups excluding carboxylic acids is 2. The first-order valence-electron chi connectivity index (χ1n) is 10.7. The van der Waals surface area contributed by atoms with Crippen LogP contribution in [0, 0.1) is 13.8 Å². The highest BCUT2D eigenvalue weighted by Crippen LogP contribution is 2.22. The molecule has 4 rings (SSSR count). The zero-order valence-electron chi connectivity index (χ0n) is 19.1. The molecule has 0 bridgehead atoms. The summed E-state index contributed by atoms with van der Waals surface area (Å²) in [5.74, 6) is 0.975. The highest BCUT2D eigenvalue weighted by Gasteiger charge is 2.13. The normalized spacial score (nSPS) is 10.8. The number of amides is 1. The van der Waals surface area contributed by atoms with Gasteiger partial charge in [0.2, 0.25) is 0 Å². The molecule has 1 N–H and O–H groups in total. The number of nitrogens with zero attached hydrogens (tertiary/aromatic N) is 2. The Morgan fingerprint density at radius 3 is 2.53 bits per heavy atom. The summed E-state index contributed by atoms with van der Waals surface area (Å²) >= 11 is 3.55. The van der Waals surface area contributed by atoms with Gasteiger partial charge in [-0.05, 0) is 90.8 Å². The van der Waals surface area contributed by atoms with Gasteiger partial charge in [-0.2, -0.15) is 5.10 Å². The van der Waals surface area contributed by atoms with E-state index in [4.69, 9.17) is 9.15 Å². The van der Waals surface area contributed by atoms with E-state index < -0.39 is 0 Å². The summed E-state index contributed by atoms with van der Waals surface area (Å²) in [5.41, 5.74) is 4.29. The van der Waals surface area contributed by atoms with E-state index in [1.807, 2.05) is 42.8 Å². The number of Topliss-reactive ketones (excluding diaryl/α,β-unsaturated/α-hetero) is 1. The minimum Gasteiger partial charge on any atom is -0.486 e. The Morgan fingerprint density at radius 1 is 1.09 bits per heavy atom. The van der Waals surface area contributed by atoms with E-state index in [1.54, 1.807) is 36.4 Å². The van der Waals surface area contributed by atoms with Gasteiger partial charge in [-0.15, -0.1) is 0 Å². The molecule has 1 amide bonds. The summed E-state index contributed by atoms with van der Waals surface area (Å²) < 4.78 is 14.3. The number of benzene rings is 2. The highest BCUT2D eigenvalue weighted by molar-refractivity contribution is 9.10. The largest absolute Gasteiger partial charge is 0.486 e. The fourth-order valence-electron chi connectivity index (χ4n) is 3.46. The van der Waals surface area contributed by atoms with Gasteiger partial charge in [-0.3, -0.25) is 14.3 Å². The molecule has 0 saturated heterocycles. The smallest absolute Gasteiger partial charge is 0.291 e. The van der Waals surface area contributed by atoms with Crippen LogP contribution in [0.1, 0.15) is 50.5 Å². The topological polar surface area (TPSA) is 86.4 Å². The van der Waals surface area contributed by atoms with E-state index in [0.29, 0.717) is 29.3 Å². The third-order valence-electron chi connectivity index (χ3n) is 5.34. The third kappa shape index (κ3) is 5.46. The lowest BCUT2D eigenvalue weighted by molar-refractivity contribution is 0.0990. The second-order valence-electron chi connectivity index (χ2n) is 7.93. The number of hydrogen-bond acceptors (Lipinski definition) is 5. The molecule has 0 fully saturated rings. The SMILES string of the molecule is CC(=O)c1ccc(OCc2ccc(C(=O)Nc3cccc(Cn4nc(C)c(Br)c4C)c3)o2)cc1. The molecule has 0 radical (unpaired) electrons. The first-order valence-corrected chi connectivity index (χ1v) is 11.5. The Bertz CT molecular complexity index is 1340. The molecule has 8 heteroatoms. The molecule has 2 aromatic heterocycles. The van der Waals surface area contributed by atoms with Crippen LogP contribution in [0.15, 0.2) is 69.6 Å². The average Bonchev–Trinajstić information content (AvgIpc) is 3.39. The van der Waals surface area contributed by atoms with Crippen molar-refractivity contribution in [1.29, 1.82) is 0 Å². The van der Waals surface area contributed by atoms with Gasteiger partial charge in [0.25, 0.3) is 5.91 Å². The van der Waals surface area contributed by atoms with Crippen LogP contribution in [0.4, 0.5) is 5.69 Å². The molecule has 0 atom stereocenters. The van der Waals surface area contributed by atoms with Crippen LogP contribution in [-0.2, 0) is 13.2 Å². The number of anilines is 1. The maximum absolute atomic E-state index is 12.7. The molecule has 0 aliphatic heterocycles. The second-order valence-corrected chi connectivity index (χ2v) is 8.73. The molecule has 174 valence electrons. The van der Waals surface area contributed by atoms with Crippen molar-refractivity contribution in [2.45, 2.75) is 33.9 Å².